The first-order chi connectivity index (χ1) is 10.5. The summed E-state index contributed by atoms with van der Waals surface area (Å²) in [5, 5.41) is 12.7. The van der Waals surface area contributed by atoms with Crippen molar-refractivity contribution in [3.8, 4) is 0 Å². The second kappa shape index (κ2) is 5.89. The van der Waals surface area contributed by atoms with Crippen LogP contribution in [0.5, 0.6) is 0 Å². The summed E-state index contributed by atoms with van der Waals surface area (Å²) in [4.78, 5) is 26.3. The van der Waals surface area contributed by atoms with E-state index in [9.17, 15) is 14.7 Å². The van der Waals surface area contributed by atoms with E-state index in [0.717, 1.165) is 18.5 Å². The molecule has 1 aromatic carbocycles. The summed E-state index contributed by atoms with van der Waals surface area (Å²) in [5.74, 6) is -1.04. The molecule has 1 aromatic rings. The lowest BCUT2D eigenvalue weighted by Crippen LogP contribution is -2.39. The molecule has 118 valence electrons. The topological polar surface area (TPSA) is 69.6 Å². The number of carbonyl (C=O) groups excluding carboxylic acids is 2. The molecule has 0 spiro atoms. The highest BCUT2D eigenvalue weighted by Gasteiger charge is 2.44. The van der Waals surface area contributed by atoms with E-state index in [4.69, 9.17) is 11.6 Å². The van der Waals surface area contributed by atoms with Crippen molar-refractivity contribution in [2.75, 3.05) is 24.6 Å². The minimum absolute atomic E-state index is 0.0861. The fourth-order valence-corrected chi connectivity index (χ4v) is 2.89. The number of rotatable bonds is 5. The number of halogens is 1. The van der Waals surface area contributed by atoms with Crippen LogP contribution in [0.2, 0.25) is 5.02 Å². The van der Waals surface area contributed by atoms with Crippen molar-refractivity contribution in [1.29, 1.82) is 0 Å². The smallest absolute Gasteiger partial charge is 0.239 e. The summed E-state index contributed by atoms with van der Waals surface area (Å²) in [5.41, 5.74) is 0.617. The van der Waals surface area contributed by atoms with Gasteiger partial charge in [0.05, 0.1) is 6.61 Å². The predicted molar refractivity (Wildman–Crippen MR) is 83.7 cm³/mol. The quantitative estimate of drug-likeness (QED) is 0.809. The van der Waals surface area contributed by atoms with Crippen molar-refractivity contribution in [2.24, 2.45) is 11.3 Å². The molecule has 0 bridgehead atoms. The highest BCUT2D eigenvalue weighted by atomic mass is 35.5. The van der Waals surface area contributed by atoms with E-state index in [1.807, 2.05) is 0 Å². The lowest BCUT2D eigenvalue weighted by molar-refractivity contribution is -0.132. The molecule has 1 aliphatic heterocycles. The molecule has 1 aliphatic carbocycles. The minimum atomic E-state index is -0.634. The zero-order chi connectivity index (χ0) is 15.7. The second-order valence-corrected chi connectivity index (χ2v) is 6.62. The molecule has 2 N–H and O–H groups in total. The third kappa shape index (κ3) is 2.96. The van der Waals surface area contributed by atoms with Crippen LogP contribution in [0.1, 0.15) is 19.3 Å². The van der Waals surface area contributed by atoms with Crippen LogP contribution in [-0.2, 0) is 9.59 Å². The van der Waals surface area contributed by atoms with Crippen molar-refractivity contribution >= 4 is 29.1 Å². The van der Waals surface area contributed by atoms with Gasteiger partial charge in [0.15, 0.2) is 0 Å². The number of anilines is 1. The molecule has 1 unspecified atom stereocenters. The van der Waals surface area contributed by atoms with E-state index in [-0.39, 0.29) is 23.8 Å². The number of hydrogen-bond donors (Lipinski definition) is 2. The minimum Gasteiger partial charge on any atom is -0.396 e. The fourth-order valence-electron chi connectivity index (χ4n) is 2.77. The molecule has 0 radical (unpaired) electrons. The summed E-state index contributed by atoms with van der Waals surface area (Å²) >= 11 is 5.85. The molecule has 1 heterocycles. The van der Waals surface area contributed by atoms with Gasteiger partial charge in [-0.2, -0.15) is 0 Å². The van der Waals surface area contributed by atoms with Gasteiger partial charge in [-0.05, 0) is 43.5 Å². The van der Waals surface area contributed by atoms with Gasteiger partial charge in [0.1, 0.15) is 5.92 Å². The molecule has 1 atom stereocenters. The first-order valence-electron chi connectivity index (χ1n) is 7.50. The molecular formula is C16H19ClN2O3. The third-order valence-corrected chi connectivity index (χ3v) is 4.84. The van der Waals surface area contributed by atoms with Gasteiger partial charge in [-0.1, -0.05) is 11.6 Å². The van der Waals surface area contributed by atoms with Crippen molar-refractivity contribution in [2.45, 2.75) is 19.3 Å². The molecular weight excluding hydrogens is 304 g/mol. The zero-order valence-electron chi connectivity index (χ0n) is 12.2. The first kappa shape index (κ1) is 15.3. The Morgan fingerprint density at radius 3 is 2.64 bits per heavy atom. The van der Waals surface area contributed by atoms with Crippen molar-refractivity contribution < 1.29 is 14.7 Å². The lowest BCUT2D eigenvalue weighted by Gasteiger charge is -2.18. The number of aliphatic hydroxyl groups excluding tert-OH is 1. The average Bonchev–Trinajstić information content (AvgIpc) is 3.22. The average molecular weight is 323 g/mol. The number of carbonyl (C=O) groups is 2. The number of aliphatic hydroxyl groups is 1. The molecule has 1 saturated heterocycles. The number of nitrogens with zero attached hydrogens (tertiary/aromatic N) is 1. The van der Waals surface area contributed by atoms with E-state index in [1.54, 1.807) is 29.2 Å². The van der Waals surface area contributed by atoms with Crippen LogP contribution < -0.4 is 10.2 Å². The Bertz CT molecular complexity index is 584. The Labute approximate surface area is 134 Å². The maximum Gasteiger partial charge on any atom is 0.239 e. The number of hydrogen-bond acceptors (Lipinski definition) is 3. The van der Waals surface area contributed by atoms with Gasteiger partial charge in [0, 0.05) is 29.2 Å². The van der Waals surface area contributed by atoms with Crippen LogP contribution in [-0.4, -0.2) is 36.6 Å². The fraction of sp³-hybridized carbons (Fsp3) is 0.500. The van der Waals surface area contributed by atoms with Crippen molar-refractivity contribution in [1.82, 2.24) is 5.32 Å². The molecule has 2 amide bonds. The Morgan fingerprint density at radius 2 is 2.05 bits per heavy atom. The van der Waals surface area contributed by atoms with Crippen LogP contribution in [0.4, 0.5) is 5.69 Å². The standard InChI is InChI=1S/C16H19ClN2O3/c17-11-1-3-12(4-2-11)19-8-5-13(15(19)22)14(21)18-9-16(10-20)6-7-16/h1-4,13,20H,5-10H2,(H,18,21). The van der Waals surface area contributed by atoms with Gasteiger partial charge in [-0.15, -0.1) is 0 Å². The Hall–Kier alpha value is -1.59. The first-order valence-corrected chi connectivity index (χ1v) is 7.88. The summed E-state index contributed by atoms with van der Waals surface area (Å²) in [7, 11) is 0. The highest BCUT2D eigenvalue weighted by Crippen LogP contribution is 2.44. The van der Waals surface area contributed by atoms with Gasteiger partial charge in [-0.25, -0.2) is 0 Å². The lowest BCUT2D eigenvalue weighted by atomic mass is 10.1. The number of amides is 2. The van der Waals surface area contributed by atoms with E-state index in [1.165, 1.54) is 0 Å². The Kier molecular flexibility index (Phi) is 4.10. The molecule has 2 aliphatic rings. The SMILES string of the molecule is O=C(NCC1(CO)CC1)C1CCN(c2ccc(Cl)cc2)C1=O. The van der Waals surface area contributed by atoms with Gasteiger partial charge in [0.2, 0.25) is 11.8 Å². The number of nitrogens with one attached hydrogen (secondary N) is 1. The Morgan fingerprint density at radius 1 is 1.36 bits per heavy atom. The van der Waals surface area contributed by atoms with E-state index in [2.05, 4.69) is 5.32 Å². The molecule has 6 heteroatoms. The third-order valence-electron chi connectivity index (χ3n) is 4.59. The second-order valence-electron chi connectivity index (χ2n) is 6.18. The highest BCUT2D eigenvalue weighted by molar-refractivity contribution is 6.30. The van der Waals surface area contributed by atoms with Gasteiger partial charge in [-0.3, -0.25) is 9.59 Å². The zero-order valence-corrected chi connectivity index (χ0v) is 13.0. The molecule has 2 fully saturated rings. The van der Waals surface area contributed by atoms with E-state index in [0.29, 0.717) is 24.5 Å². The van der Waals surface area contributed by atoms with Gasteiger partial charge < -0.3 is 15.3 Å². The van der Waals surface area contributed by atoms with Crippen LogP contribution >= 0.6 is 11.6 Å². The van der Waals surface area contributed by atoms with Crippen LogP contribution in [0, 0.1) is 11.3 Å². The van der Waals surface area contributed by atoms with Crippen LogP contribution in [0.15, 0.2) is 24.3 Å². The van der Waals surface area contributed by atoms with E-state index >= 15 is 0 Å². The van der Waals surface area contributed by atoms with Crippen molar-refractivity contribution in [3.05, 3.63) is 29.3 Å². The molecule has 22 heavy (non-hydrogen) atoms. The maximum absolute atomic E-state index is 12.4. The monoisotopic (exact) mass is 322 g/mol. The van der Waals surface area contributed by atoms with Crippen LogP contribution in [0.25, 0.3) is 0 Å². The van der Waals surface area contributed by atoms with Gasteiger partial charge >= 0.3 is 0 Å². The summed E-state index contributed by atoms with van der Waals surface area (Å²) in [6.45, 7) is 1.07. The number of benzene rings is 1. The summed E-state index contributed by atoms with van der Waals surface area (Å²) < 4.78 is 0. The molecule has 5 nitrogen and oxygen atoms in total. The summed E-state index contributed by atoms with van der Waals surface area (Å²) in [6, 6.07) is 7.03. The Balaban J connectivity index is 1.60. The van der Waals surface area contributed by atoms with Crippen molar-refractivity contribution in [3.63, 3.8) is 0 Å². The van der Waals surface area contributed by atoms with E-state index < -0.39 is 5.92 Å². The molecule has 3 rings (SSSR count). The summed E-state index contributed by atoms with van der Waals surface area (Å²) in [6.07, 6.45) is 2.37. The van der Waals surface area contributed by atoms with Gasteiger partial charge in [0.25, 0.3) is 0 Å². The molecule has 1 saturated carbocycles. The predicted octanol–water partition coefficient (Wildman–Crippen LogP) is 1.58. The molecule has 0 aromatic heterocycles. The largest absolute Gasteiger partial charge is 0.396 e. The normalized spacial score (nSPS) is 22.7. The van der Waals surface area contributed by atoms with Crippen LogP contribution in [0.3, 0.4) is 0 Å². The maximum atomic E-state index is 12.4.